The minimum Gasteiger partial charge on any atom is -0.352 e. The number of urea groups is 1. The van der Waals surface area contributed by atoms with E-state index in [2.05, 4.69) is 15.6 Å². The Morgan fingerprint density at radius 3 is 2.40 bits per heavy atom. The van der Waals surface area contributed by atoms with Crippen LogP contribution >= 0.6 is 11.6 Å². The van der Waals surface area contributed by atoms with Crippen molar-refractivity contribution in [3.05, 3.63) is 88.7 Å². The summed E-state index contributed by atoms with van der Waals surface area (Å²) in [5.41, 5.74) is 6.10. The molecule has 1 heterocycles. The number of aryl methyl sites for hydroxylation is 1. The molecule has 3 rings (SSSR count). The Morgan fingerprint density at radius 2 is 1.80 bits per heavy atom. The third kappa shape index (κ3) is 4.96. The van der Waals surface area contributed by atoms with E-state index < -0.39 is 29.8 Å². The van der Waals surface area contributed by atoms with E-state index in [9.17, 15) is 14.0 Å². The third-order valence-corrected chi connectivity index (χ3v) is 4.97. The number of hydrogen-bond donors (Lipinski definition) is 3. The Labute approximate surface area is 178 Å². The molecule has 1 aromatic heterocycles. The van der Waals surface area contributed by atoms with Crippen LogP contribution in [-0.4, -0.2) is 21.5 Å². The summed E-state index contributed by atoms with van der Waals surface area (Å²) in [7, 11) is 1.75. The number of nitrogens with zero attached hydrogens (tertiary/aromatic N) is 2. The molecule has 0 spiro atoms. The van der Waals surface area contributed by atoms with Gasteiger partial charge in [0.25, 0.3) is 0 Å². The number of benzene rings is 2. The first-order valence-corrected chi connectivity index (χ1v) is 9.56. The summed E-state index contributed by atoms with van der Waals surface area (Å²) in [6, 6.07) is 10.6. The molecule has 0 unspecified atom stereocenters. The maximum absolute atomic E-state index is 14.5. The van der Waals surface area contributed by atoms with Crippen molar-refractivity contribution >= 4 is 23.5 Å². The number of aromatic nitrogens is 2. The predicted octanol–water partition coefficient (Wildman–Crippen LogP) is 3.22. The highest BCUT2D eigenvalue weighted by Crippen LogP contribution is 2.27. The van der Waals surface area contributed by atoms with Gasteiger partial charge in [-0.25, -0.2) is 14.2 Å². The van der Waals surface area contributed by atoms with Crippen molar-refractivity contribution in [3.63, 3.8) is 0 Å². The van der Waals surface area contributed by atoms with Crippen LogP contribution in [-0.2, 0) is 11.8 Å². The number of rotatable bonds is 7. The second-order valence-electron chi connectivity index (χ2n) is 6.71. The predicted molar refractivity (Wildman–Crippen MR) is 111 cm³/mol. The van der Waals surface area contributed by atoms with Gasteiger partial charge in [-0.05, 0) is 17.7 Å². The Hall–Kier alpha value is -3.39. The van der Waals surface area contributed by atoms with Gasteiger partial charge in [-0.15, -0.1) is 0 Å². The van der Waals surface area contributed by atoms with Crippen LogP contribution in [0, 0.1) is 5.82 Å². The highest BCUT2D eigenvalue weighted by molar-refractivity contribution is 6.31. The van der Waals surface area contributed by atoms with E-state index in [0.29, 0.717) is 16.4 Å². The summed E-state index contributed by atoms with van der Waals surface area (Å²) in [6.07, 6.45) is 3.12. The first-order valence-electron chi connectivity index (χ1n) is 9.18. The first-order chi connectivity index (χ1) is 14.4. The maximum atomic E-state index is 14.5. The summed E-state index contributed by atoms with van der Waals surface area (Å²) in [4.78, 5) is 28.6. The summed E-state index contributed by atoms with van der Waals surface area (Å²) in [5.74, 6) is -0.445. The van der Waals surface area contributed by atoms with E-state index in [4.69, 9.17) is 17.3 Å². The smallest absolute Gasteiger partial charge is 0.312 e. The molecule has 3 aromatic rings. The van der Waals surface area contributed by atoms with Crippen LogP contribution in [0.1, 0.15) is 35.5 Å². The number of amides is 3. The third-order valence-electron chi connectivity index (χ3n) is 4.62. The molecule has 30 heavy (non-hydrogen) atoms. The van der Waals surface area contributed by atoms with Crippen molar-refractivity contribution in [1.29, 1.82) is 0 Å². The monoisotopic (exact) mass is 429 g/mol. The van der Waals surface area contributed by atoms with Crippen molar-refractivity contribution in [1.82, 2.24) is 20.2 Å². The number of carbonyl (C=O) groups is 2. The summed E-state index contributed by atoms with van der Waals surface area (Å²) >= 11 is 6.22. The zero-order valence-electron chi connectivity index (χ0n) is 16.2. The molecule has 9 heteroatoms. The van der Waals surface area contributed by atoms with Gasteiger partial charge in [0.15, 0.2) is 0 Å². The molecule has 0 fully saturated rings. The minimum absolute atomic E-state index is 0.151. The molecule has 156 valence electrons. The van der Waals surface area contributed by atoms with Gasteiger partial charge >= 0.3 is 6.03 Å². The Morgan fingerprint density at radius 1 is 1.13 bits per heavy atom. The fourth-order valence-electron chi connectivity index (χ4n) is 3.22. The van der Waals surface area contributed by atoms with Crippen LogP contribution in [0.5, 0.6) is 0 Å². The lowest BCUT2D eigenvalue weighted by Crippen LogP contribution is -2.38. The molecule has 0 saturated heterocycles. The molecular weight excluding hydrogens is 409 g/mol. The lowest BCUT2D eigenvalue weighted by Gasteiger charge is -2.23. The van der Waals surface area contributed by atoms with E-state index >= 15 is 0 Å². The van der Waals surface area contributed by atoms with E-state index in [1.807, 2.05) is 0 Å². The number of nitrogens with one attached hydrogen (secondary N) is 2. The molecule has 0 bridgehead atoms. The molecule has 0 saturated carbocycles. The zero-order valence-corrected chi connectivity index (χ0v) is 16.9. The van der Waals surface area contributed by atoms with E-state index in [1.165, 1.54) is 6.07 Å². The fraction of sp³-hybridized carbons (Fsp3) is 0.190. The van der Waals surface area contributed by atoms with Crippen LogP contribution in [0.25, 0.3) is 0 Å². The van der Waals surface area contributed by atoms with Gasteiger partial charge in [0.1, 0.15) is 17.7 Å². The molecule has 0 radical (unpaired) electrons. The quantitative estimate of drug-likeness (QED) is 0.537. The minimum atomic E-state index is -0.820. The normalized spacial score (nSPS) is 12.8. The van der Waals surface area contributed by atoms with Gasteiger partial charge in [-0.2, -0.15) is 0 Å². The van der Waals surface area contributed by atoms with E-state index in [1.54, 1.807) is 66.5 Å². The topological polar surface area (TPSA) is 102 Å². The summed E-state index contributed by atoms with van der Waals surface area (Å²) in [5, 5.41) is 5.74. The van der Waals surface area contributed by atoms with Crippen LogP contribution in [0.2, 0.25) is 5.02 Å². The largest absolute Gasteiger partial charge is 0.352 e. The molecule has 7 nitrogen and oxygen atoms in total. The summed E-state index contributed by atoms with van der Waals surface area (Å²) < 4.78 is 16.2. The van der Waals surface area contributed by atoms with Gasteiger partial charge < -0.3 is 20.9 Å². The van der Waals surface area contributed by atoms with Crippen LogP contribution in [0.3, 0.4) is 0 Å². The molecule has 3 amide bonds. The van der Waals surface area contributed by atoms with Crippen molar-refractivity contribution in [3.8, 4) is 0 Å². The maximum Gasteiger partial charge on any atom is 0.312 e. The number of primary amides is 1. The SMILES string of the molecule is Cn1ccnc1[C@H](NC(=O)C[C@@H](NC(N)=O)c1ccccc1Cl)c1ccccc1F. The van der Waals surface area contributed by atoms with Gasteiger partial charge in [0, 0.05) is 30.0 Å². The molecular formula is C21H21ClFN5O2. The number of hydrogen-bond acceptors (Lipinski definition) is 3. The highest BCUT2D eigenvalue weighted by Gasteiger charge is 2.26. The van der Waals surface area contributed by atoms with Crippen molar-refractivity contribution in [2.45, 2.75) is 18.5 Å². The molecule has 0 aliphatic heterocycles. The second kappa shape index (κ2) is 9.41. The molecule has 0 aliphatic carbocycles. The number of carbonyl (C=O) groups excluding carboxylic acids is 2. The lowest BCUT2D eigenvalue weighted by atomic mass is 10.0. The van der Waals surface area contributed by atoms with Crippen molar-refractivity contribution in [2.24, 2.45) is 12.8 Å². The van der Waals surface area contributed by atoms with E-state index in [-0.39, 0.29) is 12.0 Å². The zero-order chi connectivity index (χ0) is 21.7. The molecule has 2 atom stereocenters. The number of imidazole rings is 1. The average Bonchev–Trinajstić information content (AvgIpc) is 3.12. The lowest BCUT2D eigenvalue weighted by molar-refractivity contribution is -0.122. The summed E-state index contributed by atoms with van der Waals surface area (Å²) in [6.45, 7) is 0. The number of halogens is 2. The standard InChI is InChI=1S/C21H21ClFN5O2/c1-28-11-10-25-20(28)19(14-7-3-5-9-16(14)23)27-18(29)12-17(26-21(24)30)13-6-2-4-8-15(13)22/h2-11,17,19H,12H2,1H3,(H,27,29)(H3,24,26,30)/t17-,19-/m1/s1. The van der Waals surface area contributed by atoms with Crippen molar-refractivity contribution in [2.75, 3.05) is 0 Å². The van der Waals surface area contributed by atoms with E-state index in [0.717, 1.165) is 0 Å². The highest BCUT2D eigenvalue weighted by atomic mass is 35.5. The first kappa shape index (κ1) is 21.3. The number of nitrogens with two attached hydrogens (primary N) is 1. The van der Waals surface area contributed by atoms with Gasteiger partial charge in [-0.3, -0.25) is 4.79 Å². The fourth-order valence-corrected chi connectivity index (χ4v) is 3.49. The Bertz CT molecular complexity index is 1060. The van der Waals surface area contributed by atoms with Crippen molar-refractivity contribution < 1.29 is 14.0 Å². The van der Waals surface area contributed by atoms with Crippen LogP contribution in [0.4, 0.5) is 9.18 Å². The van der Waals surface area contributed by atoms with Gasteiger partial charge in [-0.1, -0.05) is 48.0 Å². The molecule has 2 aromatic carbocycles. The molecule has 4 N–H and O–H groups in total. The van der Waals surface area contributed by atoms with Gasteiger partial charge in [0.05, 0.1) is 12.5 Å². The van der Waals surface area contributed by atoms with Crippen LogP contribution < -0.4 is 16.4 Å². The van der Waals surface area contributed by atoms with Gasteiger partial charge in [0.2, 0.25) is 5.91 Å². The van der Waals surface area contributed by atoms with Crippen LogP contribution in [0.15, 0.2) is 60.9 Å². The Balaban J connectivity index is 1.88. The molecule has 0 aliphatic rings. The Kier molecular flexibility index (Phi) is 6.68. The average molecular weight is 430 g/mol. The second-order valence-corrected chi connectivity index (χ2v) is 7.11.